The number of rotatable bonds is 0. The molecule has 0 nitrogen and oxygen atoms in total. The van der Waals surface area contributed by atoms with Crippen molar-refractivity contribution in [2.24, 2.45) is 0 Å². The molecule has 2 heteroatoms. The molecule has 0 saturated carbocycles. The van der Waals surface area contributed by atoms with Gasteiger partial charge in [0.25, 0.3) is 0 Å². The summed E-state index contributed by atoms with van der Waals surface area (Å²) in [6.07, 6.45) is 5.75. The van der Waals surface area contributed by atoms with Gasteiger partial charge < -0.3 is 0 Å². The van der Waals surface area contributed by atoms with Gasteiger partial charge in [-0.25, -0.2) is 0 Å². The van der Waals surface area contributed by atoms with Gasteiger partial charge in [0.2, 0.25) is 0 Å². The van der Waals surface area contributed by atoms with Crippen molar-refractivity contribution in [2.45, 2.75) is 46.8 Å². The average molecular weight is 176 g/mol. The summed E-state index contributed by atoms with van der Waals surface area (Å²) in [6.45, 7) is 0. The molecule has 0 radical (unpaired) electrons. The maximum atomic E-state index is 6.24. The van der Waals surface area contributed by atoms with E-state index in [1.165, 1.54) is 25.7 Å². The fraction of sp³-hybridized carbons (Fsp3) is 1.00. The van der Waals surface area contributed by atoms with Crippen LogP contribution in [0.4, 0.5) is 0 Å². The zero-order valence-corrected chi connectivity index (χ0v) is 7.50. The van der Waals surface area contributed by atoms with Gasteiger partial charge in [-0.05, 0) is 6.42 Å². The normalized spacial score (nSPS) is 63.9. The van der Waals surface area contributed by atoms with E-state index in [-0.39, 0.29) is 0 Å². The van der Waals surface area contributed by atoms with Crippen molar-refractivity contribution in [3.8, 4) is 0 Å². The third-order valence-corrected chi connectivity index (χ3v) is 7.40. The molecule has 2 unspecified atom stereocenters. The van der Waals surface area contributed by atoms with Gasteiger partial charge in [-0.3, -0.25) is 0 Å². The van der Waals surface area contributed by atoms with Gasteiger partial charge >= 0.3 is 0 Å². The maximum Gasteiger partial charge on any atom is 0.166 e. The fourth-order valence-electron chi connectivity index (χ4n) is 2.74. The van der Waals surface area contributed by atoms with Crippen molar-refractivity contribution in [1.29, 1.82) is 0 Å². The molecule has 3 heterocycles. The molecule has 3 rings (SSSR count). The van der Waals surface area contributed by atoms with Gasteiger partial charge in [0.1, 0.15) is 5.25 Å². The molecule has 0 spiro atoms. The summed E-state index contributed by atoms with van der Waals surface area (Å²) in [7, 11) is 0.836. The third kappa shape index (κ3) is 0.615. The zero-order valence-electron chi connectivity index (χ0n) is 5.92. The van der Waals surface area contributed by atoms with Crippen molar-refractivity contribution >= 4 is 22.5 Å². The van der Waals surface area contributed by atoms with Crippen molar-refractivity contribution in [3.63, 3.8) is 0 Å². The van der Waals surface area contributed by atoms with Crippen LogP contribution in [0.25, 0.3) is 0 Å². The summed E-state index contributed by atoms with van der Waals surface area (Å²) >= 11 is 6.24. The molecular formula is C8H12ClS+. The second kappa shape index (κ2) is 1.87. The zero-order chi connectivity index (χ0) is 6.72. The summed E-state index contributed by atoms with van der Waals surface area (Å²) in [5.41, 5.74) is 0. The third-order valence-electron chi connectivity index (χ3n) is 3.25. The molecule has 0 aromatic rings. The SMILES string of the molecule is Cl[C@@H]1CC[C@@H]2C3CC[C@H]1[S+]32. The quantitative estimate of drug-likeness (QED) is 0.300. The molecule has 5 atom stereocenters. The van der Waals surface area contributed by atoms with Crippen LogP contribution in [0.5, 0.6) is 0 Å². The number of halogens is 1. The lowest BCUT2D eigenvalue weighted by Gasteiger charge is -2.17. The second-order valence-corrected chi connectivity index (χ2v) is 6.89. The van der Waals surface area contributed by atoms with Crippen LogP contribution >= 0.6 is 11.6 Å². The number of hydrogen-bond acceptors (Lipinski definition) is 0. The Kier molecular flexibility index (Phi) is 1.15. The first-order chi connectivity index (χ1) is 4.88. The van der Waals surface area contributed by atoms with Crippen LogP contribution in [0.1, 0.15) is 25.7 Å². The first-order valence-electron chi connectivity index (χ1n) is 4.22. The van der Waals surface area contributed by atoms with Gasteiger partial charge in [0, 0.05) is 30.2 Å². The molecule has 0 aromatic heterocycles. The minimum atomic E-state index is 0.562. The van der Waals surface area contributed by atoms with E-state index in [1.54, 1.807) is 0 Å². The Morgan fingerprint density at radius 3 is 2.20 bits per heavy atom. The van der Waals surface area contributed by atoms with Crippen LogP contribution in [0.2, 0.25) is 0 Å². The highest BCUT2D eigenvalue weighted by Gasteiger charge is 2.72. The Morgan fingerprint density at radius 2 is 1.50 bits per heavy atom. The number of alkyl halides is 1. The topological polar surface area (TPSA) is 0 Å². The molecule has 0 N–H and O–H groups in total. The molecular weight excluding hydrogens is 164 g/mol. The van der Waals surface area contributed by atoms with E-state index < -0.39 is 0 Å². The fourth-order valence-corrected chi connectivity index (χ4v) is 7.06. The van der Waals surface area contributed by atoms with Crippen LogP contribution in [-0.4, -0.2) is 21.1 Å². The number of hydrogen-bond donors (Lipinski definition) is 0. The minimum Gasteiger partial charge on any atom is -0.118 e. The molecule has 3 saturated heterocycles. The molecule has 0 amide bonds. The molecule has 0 aromatic carbocycles. The second-order valence-electron chi connectivity index (χ2n) is 3.69. The Morgan fingerprint density at radius 1 is 0.900 bits per heavy atom. The van der Waals surface area contributed by atoms with E-state index >= 15 is 0 Å². The maximum absolute atomic E-state index is 6.24. The van der Waals surface area contributed by atoms with E-state index in [0.717, 1.165) is 26.6 Å². The lowest BCUT2D eigenvalue weighted by atomic mass is 10.0. The summed E-state index contributed by atoms with van der Waals surface area (Å²) in [5.74, 6) is 0. The molecule has 0 aliphatic carbocycles. The standard InChI is InChI=1S/C8H12ClS/c9-5-1-2-7-8-4-3-6(5)10(7)8/h5-8H,1-4H2/q+1/t5-,6-,7-,8?,10?/m1/s1. The van der Waals surface area contributed by atoms with Gasteiger partial charge in [0.15, 0.2) is 10.5 Å². The summed E-state index contributed by atoms with van der Waals surface area (Å²) in [5, 5.41) is 3.85. The smallest absolute Gasteiger partial charge is 0.118 e. The highest BCUT2D eigenvalue weighted by molar-refractivity contribution is 8.06. The van der Waals surface area contributed by atoms with E-state index in [9.17, 15) is 0 Å². The average Bonchev–Trinajstić information content (AvgIpc) is 2.40. The summed E-state index contributed by atoms with van der Waals surface area (Å²) in [6, 6.07) is 0. The molecule has 10 heavy (non-hydrogen) atoms. The van der Waals surface area contributed by atoms with Crippen LogP contribution < -0.4 is 0 Å². The van der Waals surface area contributed by atoms with E-state index in [2.05, 4.69) is 0 Å². The highest BCUT2D eigenvalue weighted by Crippen LogP contribution is 2.57. The van der Waals surface area contributed by atoms with Gasteiger partial charge in [-0.2, -0.15) is 0 Å². The molecule has 3 fully saturated rings. The molecule has 3 aliphatic rings. The predicted octanol–water partition coefficient (Wildman–Crippen LogP) is 1.92. The van der Waals surface area contributed by atoms with Gasteiger partial charge in [-0.1, -0.05) is 0 Å². The first-order valence-corrected chi connectivity index (χ1v) is 6.08. The first kappa shape index (κ1) is 6.19. The Bertz CT molecular complexity index is 167. The van der Waals surface area contributed by atoms with Crippen molar-refractivity contribution in [3.05, 3.63) is 0 Å². The number of fused-ring (bicyclic) bond motifs is 1. The van der Waals surface area contributed by atoms with E-state index in [1.807, 2.05) is 0 Å². The predicted molar refractivity (Wildman–Crippen MR) is 46.8 cm³/mol. The van der Waals surface area contributed by atoms with Crippen LogP contribution in [0, 0.1) is 0 Å². The van der Waals surface area contributed by atoms with Gasteiger partial charge in [0.05, 0.1) is 5.38 Å². The monoisotopic (exact) mass is 175 g/mol. The summed E-state index contributed by atoms with van der Waals surface area (Å²) in [4.78, 5) is 0. The molecule has 56 valence electrons. The van der Waals surface area contributed by atoms with Crippen LogP contribution in [-0.2, 0) is 10.9 Å². The highest BCUT2D eigenvalue weighted by atomic mass is 35.5. The van der Waals surface area contributed by atoms with Crippen LogP contribution in [0.15, 0.2) is 0 Å². The Labute approximate surface area is 69.7 Å². The lowest BCUT2D eigenvalue weighted by Crippen LogP contribution is -2.28. The van der Waals surface area contributed by atoms with E-state index in [4.69, 9.17) is 11.6 Å². The Balaban J connectivity index is 1.89. The Hall–Kier alpha value is 0.640. The van der Waals surface area contributed by atoms with Crippen molar-refractivity contribution in [1.82, 2.24) is 0 Å². The molecule has 0 bridgehead atoms. The van der Waals surface area contributed by atoms with E-state index in [0.29, 0.717) is 5.38 Å². The largest absolute Gasteiger partial charge is 0.166 e. The van der Waals surface area contributed by atoms with Crippen molar-refractivity contribution in [2.75, 3.05) is 0 Å². The summed E-state index contributed by atoms with van der Waals surface area (Å²) < 4.78 is 0. The van der Waals surface area contributed by atoms with Gasteiger partial charge in [-0.15, -0.1) is 11.6 Å². The minimum absolute atomic E-state index is 0.562. The van der Waals surface area contributed by atoms with Crippen LogP contribution in [0.3, 0.4) is 0 Å². The molecule has 3 aliphatic heterocycles. The lowest BCUT2D eigenvalue weighted by molar-refractivity contribution is 0.566. The van der Waals surface area contributed by atoms with Crippen molar-refractivity contribution < 1.29 is 0 Å².